The maximum absolute atomic E-state index is 11.6. The molecule has 1 unspecified atom stereocenters. The maximum Gasteiger partial charge on any atom is 0.286 e. The van der Waals surface area contributed by atoms with Crippen LogP contribution in [-0.4, -0.2) is 85.5 Å². The highest BCUT2D eigenvalue weighted by Crippen LogP contribution is 2.23. The van der Waals surface area contributed by atoms with Crippen LogP contribution in [0.2, 0.25) is 0 Å². The summed E-state index contributed by atoms with van der Waals surface area (Å²) in [6.07, 6.45) is 2.30. The lowest BCUT2D eigenvalue weighted by Crippen LogP contribution is -2.36. The number of nitrogens with one attached hydrogen (secondary N) is 1. The number of ether oxygens (including phenoxy) is 1. The first-order valence-electron chi connectivity index (χ1n) is 10.4. The molecule has 174 valence electrons. The van der Waals surface area contributed by atoms with Gasteiger partial charge in [-0.05, 0) is 36.2 Å². The summed E-state index contributed by atoms with van der Waals surface area (Å²) >= 11 is 1.05. The molecule has 0 bridgehead atoms. The number of amides is 2. The van der Waals surface area contributed by atoms with Crippen LogP contribution < -0.4 is 15.0 Å². The van der Waals surface area contributed by atoms with Crippen molar-refractivity contribution in [3.63, 3.8) is 0 Å². The molecule has 9 heteroatoms. The minimum absolute atomic E-state index is 0.215. The highest BCUT2D eigenvalue weighted by molar-refractivity contribution is 8.15. The van der Waals surface area contributed by atoms with Crippen LogP contribution in [0.5, 0.6) is 5.75 Å². The molecule has 2 heterocycles. The molecule has 1 aliphatic rings. The lowest BCUT2D eigenvalue weighted by Gasteiger charge is -2.21. The fourth-order valence-electron chi connectivity index (χ4n) is 2.76. The van der Waals surface area contributed by atoms with E-state index in [1.54, 1.807) is 6.20 Å². The minimum atomic E-state index is -0.341. The van der Waals surface area contributed by atoms with Crippen molar-refractivity contribution < 1.29 is 23.9 Å². The van der Waals surface area contributed by atoms with E-state index in [0.717, 1.165) is 46.5 Å². The van der Waals surface area contributed by atoms with E-state index in [2.05, 4.69) is 31.4 Å². The van der Waals surface area contributed by atoms with E-state index in [9.17, 15) is 9.59 Å². The Morgan fingerprint density at radius 3 is 2.38 bits per heavy atom. The van der Waals surface area contributed by atoms with Crippen molar-refractivity contribution in [3.05, 3.63) is 54.2 Å². The van der Waals surface area contributed by atoms with Crippen molar-refractivity contribution in [3.8, 4) is 5.75 Å². The van der Waals surface area contributed by atoms with Gasteiger partial charge in [-0.1, -0.05) is 30.0 Å². The standard InChI is InChI=1S/C18H19N3O3S.C5H14NO/c1-21(16-4-2-3-9-19-16)10-11-24-14-7-5-13(6-8-14)12-15-17(22)20-18(23)25-15;1-6(2,3)4-5-7/h2-9,15H,10-12H2,1H3,(H,20,22,23);7H,4-5H2,1-3H3/q;+1. The molecule has 1 aromatic carbocycles. The number of rotatable bonds is 9. The van der Waals surface area contributed by atoms with E-state index >= 15 is 0 Å². The van der Waals surface area contributed by atoms with E-state index in [1.807, 2.05) is 54.4 Å². The van der Waals surface area contributed by atoms with Crippen LogP contribution in [-0.2, 0) is 11.2 Å². The quantitative estimate of drug-likeness (QED) is 0.553. The summed E-state index contributed by atoms with van der Waals surface area (Å²) < 4.78 is 6.60. The van der Waals surface area contributed by atoms with Crippen LogP contribution in [0.15, 0.2) is 48.7 Å². The van der Waals surface area contributed by atoms with Crippen molar-refractivity contribution >= 4 is 28.7 Å². The number of thioether (sulfide) groups is 1. The first-order valence-corrected chi connectivity index (χ1v) is 11.3. The van der Waals surface area contributed by atoms with Crippen LogP contribution in [0.3, 0.4) is 0 Å². The fourth-order valence-corrected chi connectivity index (χ4v) is 3.62. The number of carbonyl (C=O) groups excluding carboxylic acids is 2. The molecule has 1 saturated heterocycles. The molecule has 1 aromatic heterocycles. The van der Waals surface area contributed by atoms with Crippen LogP contribution in [0, 0.1) is 0 Å². The molecule has 0 radical (unpaired) electrons. The average Bonchev–Trinajstić information content (AvgIpc) is 3.06. The number of pyridine rings is 1. The summed E-state index contributed by atoms with van der Waals surface area (Å²) in [6.45, 7) is 2.38. The molecule has 32 heavy (non-hydrogen) atoms. The maximum atomic E-state index is 11.6. The molecule has 0 spiro atoms. The van der Waals surface area contributed by atoms with Crippen LogP contribution >= 0.6 is 11.8 Å². The van der Waals surface area contributed by atoms with Crippen LogP contribution in [0.4, 0.5) is 10.6 Å². The Morgan fingerprint density at radius 1 is 1.16 bits per heavy atom. The Labute approximate surface area is 194 Å². The molecule has 1 atom stereocenters. The Morgan fingerprint density at radius 2 is 1.88 bits per heavy atom. The number of imide groups is 1. The van der Waals surface area contributed by atoms with Gasteiger partial charge >= 0.3 is 0 Å². The summed E-state index contributed by atoms with van der Waals surface area (Å²) in [4.78, 5) is 29.1. The average molecular weight is 462 g/mol. The fraction of sp³-hybridized carbons (Fsp3) is 0.435. The van der Waals surface area contributed by atoms with E-state index in [0.29, 0.717) is 13.0 Å². The second kappa shape index (κ2) is 12.4. The summed E-state index contributed by atoms with van der Waals surface area (Å²) in [5, 5.41) is 10.1. The van der Waals surface area contributed by atoms with Gasteiger partial charge in [-0.3, -0.25) is 14.9 Å². The zero-order valence-corrected chi connectivity index (χ0v) is 20.0. The smallest absolute Gasteiger partial charge is 0.286 e. The number of aliphatic hydroxyl groups excluding tert-OH is 1. The number of quaternary nitrogens is 1. The molecule has 1 aliphatic heterocycles. The molecule has 2 aromatic rings. The monoisotopic (exact) mass is 461 g/mol. The van der Waals surface area contributed by atoms with Gasteiger partial charge in [0.15, 0.2) is 0 Å². The predicted molar refractivity (Wildman–Crippen MR) is 128 cm³/mol. The van der Waals surface area contributed by atoms with Gasteiger partial charge in [0.25, 0.3) is 5.24 Å². The number of likely N-dealkylation sites (N-methyl/N-ethyl adjacent to an activating group) is 2. The SMILES string of the molecule is CN(CCOc1ccc(CC2SC(=O)NC2=O)cc1)c1ccccn1.C[N+](C)(C)CCO. The molecule has 1 fully saturated rings. The van der Waals surface area contributed by atoms with Gasteiger partial charge in [-0.25, -0.2) is 4.98 Å². The summed E-state index contributed by atoms with van der Waals surface area (Å²) in [7, 11) is 8.13. The van der Waals surface area contributed by atoms with Gasteiger partial charge in [0.1, 0.15) is 24.7 Å². The Bertz CT molecular complexity index is 857. The first-order chi connectivity index (χ1) is 15.2. The van der Waals surface area contributed by atoms with Gasteiger partial charge in [-0.15, -0.1) is 0 Å². The topological polar surface area (TPSA) is 91.8 Å². The number of anilines is 1. The zero-order valence-electron chi connectivity index (χ0n) is 19.2. The summed E-state index contributed by atoms with van der Waals surface area (Å²) in [5.74, 6) is 1.47. The molecule has 2 N–H and O–H groups in total. The Hall–Kier alpha value is -2.62. The first kappa shape index (κ1) is 25.6. The number of carbonyl (C=O) groups is 2. The zero-order chi connectivity index (χ0) is 23.6. The third-order valence-corrected chi connectivity index (χ3v) is 5.60. The van der Waals surface area contributed by atoms with Gasteiger partial charge in [0.2, 0.25) is 5.91 Å². The Kier molecular flexibility index (Phi) is 9.96. The van der Waals surface area contributed by atoms with Gasteiger partial charge in [0.05, 0.1) is 39.5 Å². The van der Waals surface area contributed by atoms with Gasteiger partial charge < -0.3 is 19.2 Å². The number of benzene rings is 1. The third kappa shape index (κ3) is 9.25. The normalized spacial score (nSPS) is 15.6. The van der Waals surface area contributed by atoms with Crippen molar-refractivity contribution in [1.29, 1.82) is 0 Å². The molecule has 0 saturated carbocycles. The summed E-state index contributed by atoms with van der Waals surface area (Å²) in [6, 6.07) is 13.4. The van der Waals surface area contributed by atoms with E-state index in [4.69, 9.17) is 9.84 Å². The predicted octanol–water partition coefficient (Wildman–Crippen LogP) is 2.18. The Balaban J connectivity index is 0.000000451. The summed E-state index contributed by atoms with van der Waals surface area (Å²) in [5.41, 5.74) is 1.00. The number of hydrogen-bond donors (Lipinski definition) is 2. The molecule has 0 aliphatic carbocycles. The largest absolute Gasteiger partial charge is 0.492 e. The highest BCUT2D eigenvalue weighted by atomic mass is 32.2. The third-order valence-electron chi connectivity index (χ3n) is 4.62. The van der Waals surface area contributed by atoms with E-state index in [1.165, 1.54) is 0 Å². The van der Waals surface area contributed by atoms with Crippen molar-refractivity contribution in [2.75, 3.05) is 59.4 Å². The van der Waals surface area contributed by atoms with Gasteiger partial charge in [-0.2, -0.15) is 0 Å². The van der Waals surface area contributed by atoms with Crippen LogP contribution in [0.25, 0.3) is 0 Å². The van der Waals surface area contributed by atoms with Crippen molar-refractivity contribution in [2.45, 2.75) is 11.7 Å². The second-order valence-electron chi connectivity index (χ2n) is 8.43. The van der Waals surface area contributed by atoms with Crippen molar-refractivity contribution in [2.24, 2.45) is 0 Å². The number of hydrogen-bond acceptors (Lipinski definition) is 7. The van der Waals surface area contributed by atoms with Gasteiger partial charge in [0, 0.05) is 13.2 Å². The minimum Gasteiger partial charge on any atom is -0.492 e. The molecular weight excluding hydrogens is 428 g/mol. The molecule has 3 rings (SSSR count). The van der Waals surface area contributed by atoms with Crippen molar-refractivity contribution in [1.82, 2.24) is 10.3 Å². The van der Waals surface area contributed by atoms with E-state index < -0.39 is 0 Å². The second-order valence-corrected chi connectivity index (χ2v) is 9.60. The van der Waals surface area contributed by atoms with E-state index in [-0.39, 0.29) is 23.0 Å². The number of nitrogens with zero attached hydrogens (tertiary/aromatic N) is 3. The molecule has 2 amide bonds. The number of aromatic nitrogens is 1. The lowest BCUT2D eigenvalue weighted by atomic mass is 10.1. The lowest BCUT2D eigenvalue weighted by molar-refractivity contribution is -0.870. The molecule has 8 nitrogen and oxygen atoms in total. The molecular formula is C23H33N4O4S+. The highest BCUT2D eigenvalue weighted by Gasteiger charge is 2.31. The number of aliphatic hydroxyl groups is 1. The van der Waals surface area contributed by atoms with Crippen LogP contribution in [0.1, 0.15) is 5.56 Å².